The summed E-state index contributed by atoms with van der Waals surface area (Å²) < 4.78 is 0. The largest absolute Gasteiger partial charge is 0.411 e. The molecule has 1 N–H and O–H groups in total. The molecule has 0 amide bonds. The number of oxime groups is 1. The summed E-state index contributed by atoms with van der Waals surface area (Å²) in [6, 6.07) is 0. The Labute approximate surface area is 35.0 Å². The SMILES string of the molecule is C=NO.[Cu]. The maximum Gasteiger partial charge on any atom is 0.0298 e. The molecule has 0 saturated carbocycles. The van der Waals surface area contributed by atoms with Crippen LogP contribution in [0, 0.1) is 0 Å². The summed E-state index contributed by atoms with van der Waals surface area (Å²) in [7, 11) is 0. The van der Waals surface area contributed by atoms with Crippen molar-refractivity contribution in [3.8, 4) is 0 Å². The molecule has 0 aromatic rings. The molecule has 0 aromatic heterocycles. The summed E-state index contributed by atoms with van der Waals surface area (Å²) >= 11 is 0. The molecule has 1 radical (unpaired) electrons. The standard InChI is InChI=1S/CH3NO.Cu/c1-2-3;/h3H,1H2;. The van der Waals surface area contributed by atoms with E-state index in [4.69, 9.17) is 5.21 Å². The van der Waals surface area contributed by atoms with E-state index >= 15 is 0 Å². The summed E-state index contributed by atoms with van der Waals surface area (Å²) in [5.41, 5.74) is 0. The van der Waals surface area contributed by atoms with Gasteiger partial charge in [0.25, 0.3) is 0 Å². The molecule has 0 aliphatic rings. The van der Waals surface area contributed by atoms with Gasteiger partial charge in [0.05, 0.1) is 0 Å². The molecule has 0 bridgehead atoms. The summed E-state index contributed by atoms with van der Waals surface area (Å²) in [6.45, 7) is 2.67. The number of rotatable bonds is 0. The van der Waals surface area contributed by atoms with Gasteiger partial charge < -0.3 is 5.21 Å². The van der Waals surface area contributed by atoms with Gasteiger partial charge in [-0.25, -0.2) is 0 Å². The number of nitrogens with zero attached hydrogens (tertiary/aromatic N) is 1. The van der Waals surface area contributed by atoms with Gasteiger partial charge in [-0.1, -0.05) is 0 Å². The van der Waals surface area contributed by atoms with Gasteiger partial charge in [-0.05, 0) is 0 Å². The topological polar surface area (TPSA) is 32.6 Å². The van der Waals surface area contributed by atoms with Crippen molar-refractivity contribution in [3.05, 3.63) is 0 Å². The molecule has 0 rings (SSSR count). The van der Waals surface area contributed by atoms with Crippen LogP contribution in [0.3, 0.4) is 0 Å². The van der Waals surface area contributed by atoms with E-state index in [-0.39, 0.29) is 17.1 Å². The first-order valence-electron chi connectivity index (χ1n) is 0.516. The molecule has 0 aromatic carbocycles. The van der Waals surface area contributed by atoms with Crippen molar-refractivity contribution in [1.29, 1.82) is 0 Å². The minimum absolute atomic E-state index is 0. The quantitative estimate of drug-likeness (QED) is 0.203. The maximum absolute atomic E-state index is 7.08. The summed E-state index contributed by atoms with van der Waals surface area (Å²) in [4.78, 5) is 0. The minimum Gasteiger partial charge on any atom is -0.411 e. The van der Waals surface area contributed by atoms with Crippen LogP contribution in [0.1, 0.15) is 0 Å². The fraction of sp³-hybridized carbons (Fsp3) is 0. The van der Waals surface area contributed by atoms with E-state index in [1.165, 1.54) is 0 Å². The Kier molecular flexibility index (Phi) is 27.2. The predicted molar refractivity (Wildman–Crippen MR) is 11.3 cm³/mol. The molecule has 29 valence electrons. The van der Waals surface area contributed by atoms with E-state index in [0.717, 1.165) is 0 Å². The van der Waals surface area contributed by atoms with Crippen molar-refractivity contribution in [1.82, 2.24) is 0 Å². The molecule has 0 atom stereocenters. The minimum atomic E-state index is 0. The van der Waals surface area contributed by atoms with Crippen LogP contribution in [-0.2, 0) is 17.1 Å². The van der Waals surface area contributed by atoms with Crippen molar-refractivity contribution in [2.45, 2.75) is 0 Å². The van der Waals surface area contributed by atoms with Crippen LogP contribution >= 0.6 is 0 Å². The number of hydrogen-bond acceptors (Lipinski definition) is 2. The Morgan fingerprint density at radius 1 is 1.75 bits per heavy atom. The van der Waals surface area contributed by atoms with Gasteiger partial charge in [-0.15, -0.1) is 5.16 Å². The van der Waals surface area contributed by atoms with E-state index in [9.17, 15) is 0 Å². The molecule has 0 unspecified atom stereocenters. The fourth-order valence-electron chi connectivity index (χ4n) is 0. The van der Waals surface area contributed by atoms with Crippen LogP contribution in [0.15, 0.2) is 5.16 Å². The van der Waals surface area contributed by atoms with Crippen LogP contribution in [0.4, 0.5) is 0 Å². The van der Waals surface area contributed by atoms with Crippen LogP contribution in [0.2, 0.25) is 0 Å². The van der Waals surface area contributed by atoms with Crippen molar-refractivity contribution in [3.63, 3.8) is 0 Å². The fourth-order valence-corrected chi connectivity index (χ4v) is 0. The summed E-state index contributed by atoms with van der Waals surface area (Å²) in [5.74, 6) is 0. The molecule has 0 aliphatic heterocycles. The summed E-state index contributed by atoms with van der Waals surface area (Å²) in [5, 5.41) is 9.33. The van der Waals surface area contributed by atoms with Gasteiger partial charge in [0.15, 0.2) is 0 Å². The molecular weight excluding hydrogens is 106 g/mol. The molecule has 0 aliphatic carbocycles. The average Bonchev–Trinajstić information content (AvgIpc) is 0.918. The van der Waals surface area contributed by atoms with Gasteiger partial charge in [0.2, 0.25) is 0 Å². The van der Waals surface area contributed by atoms with E-state index in [2.05, 4.69) is 11.9 Å². The van der Waals surface area contributed by atoms with E-state index < -0.39 is 0 Å². The summed E-state index contributed by atoms with van der Waals surface area (Å²) in [6.07, 6.45) is 0. The van der Waals surface area contributed by atoms with Crippen molar-refractivity contribution < 1.29 is 22.3 Å². The Balaban J connectivity index is 0. The Hall–Kier alpha value is -0.0105. The van der Waals surface area contributed by atoms with Gasteiger partial charge in [-0.3, -0.25) is 0 Å². The van der Waals surface area contributed by atoms with Crippen molar-refractivity contribution in [2.24, 2.45) is 5.16 Å². The molecule has 4 heavy (non-hydrogen) atoms. The first-order valence-corrected chi connectivity index (χ1v) is 0.516. The Morgan fingerprint density at radius 3 is 1.75 bits per heavy atom. The second kappa shape index (κ2) is 12.1. The second-order valence-corrected chi connectivity index (χ2v) is 0.141. The third-order valence-electron chi connectivity index (χ3n) is 0. The van der Waals surface area contributed by atoms with Gasteiger partial charge >= 0.3 is 0 Å². The van der Waals surface area contributed by atoms with Crippen LogP contribution in [0.5, 0.6) is 0 Å². The Bertz CT molecular complexity index is 15.5. The van der Waals surface area contributed by atoms with Gasteiger partial charge in [-0.2, -0.15) is 0 Å². The van der Waals surface area contributed by atoms with Crippen molar-refractivity contribution >= 4 is 6.72 Å². The predicted octanol–water partition coefficient (Wildman–Crippen LogP) is 0.0737. The third-order valence-corrected chi connectivity index (χ3v) is 0. The average molecular weight is 109 g/mol. The molecule has 0 saturated heterocycles. The van der Waals surface area contributed by atoms with Gasteiger partial charge in [0, 0.05) is 23.8 Å². The molecule has 0 spiro atoms. The first kappa shape index (κ1) is 9.01. The third kappa shape index (κ3) is 17600. The van der Waals surface area contributed by atoms with E-state index in [1.54, 1.807) is 0 Å². The maximum atomic E-state index is 7.08. The first-order chi connectivity index (χ1) is 1.41. The van der Waals surface area contributed by atoms with Crippen LogP contribution in [0.25, 0.3) is 0 Å². The molecular formula is CH3CuNO. The normalized spacial score (nSPS) is 3.00. The van der Waals surface area contributed by atoms with Gasteiger partial charge in [0.1, 0.15) is 0 Å². The molecule has 3 heteroatoms. The molecule has 0 fully saturated rings. The zero-order chi connectivity index (χ0) is 2.71. The van der Waals surface area contributed by atoms with E-state index in [0.29, 0.717) is 0 Å². The van der Waals surface area contributed by atoms with E-state index in [1.807, 2.05) is 0 Å². The van der Waals surface area contributed by atoms with Crippen LogP contribution < -0.4 is 0 Å². The Morgan fingerprint density at radius 2 is 1.75 bits per heavy atom. The smallest absolute Gasteiger partial charge is 0.0298 e. The number of hydrogen-bond donors (Lipinski definition) is 1. The monoisotopic (exact) mass is 108 g/mol. The zero-order valence-corrected chi connectivity index (χ0v) is 2.84. The van der Waals surface area contributed by atoms with Crippen LogP contribution in [-0.4, -0.2) is 11.9 Å². The van der Waals surface area contributed by atoms with Crippen molar-refractivity contribution in [2.75, 3.05) is 0 Å². The second-order valence-electron chi connectivity index (χ2n) is 0.141. The molecule has 0 heterocycles. The zero-order valence-electron chi connectivity index (χ0n) is 1.90. The molecule has 2 nitrogen and oxygen atoms in total.